The molecule has 0 atom stereocenters. The van der Waals surface area contributed by atoms with Gasteiger partial charge in [0.1, 0.15) is 0 Å². The van der Waals surface area contributed by atoms with Crippen LogP contribution in [-0.4, -0.2) is 45.9 Å². The van der Waals surface area contributed by atoms with Crippen molar-refractivity contribution in [2.75, 3.05) is 0 Å². The van der Waals surface area contributed by atoms with Crippen LogP contribution in [0.25, 0.3) is 0 Å². The van der Waals surface area contributed by atoms with Gasteiger partial charge in [-0.25, -0.2) is 4.79 Å². The van der Waals surface area contributed by atoms with Crippen molar-refractivity contribution in [3.05, 3.63) is 0 Å². The topological polar surface area (TPSA) is 92.5 Å². The molecule has 0 aliphatic rings. The van der Waals surface area contributed by atoms with Crippen LogP contribution in [0.2, 0.25) is 0 Å². The van der Waals surface area contributed by atoms with Crippen molar-refractivity contribution in [1.29, 1.82) is 0 Å². The third-order valence-electron chi connectivity index (χ3n) is 0. The number of carbonyl (C=O) groups is 1. The largest absolute Gasteiger partial charge is 0.503 e. The smallest absolute Gasteiger partial charge is 0.450 e. The molecule has 6 heavy (non-hydrogen) atoms. The van der Waals surface area contributed by atoms with Gasteiger partial charge in [-0.2, -0.15) is 0 Å². The summed E-state index contributed by atoms with van der Waals surface area (Å²) < 4.78 is 0. The molecule has 0 saturated carbocycles. The van der Waals surface area contributed by atoms with Crippen molar-refractivity contribution in [1.82, 2.24) is 6.15 Å². The Labute approximate surface area is 57.0 Å². The van der Waals surface area contributed by atoms with Crippen molar-refractivity contribution in [3.63, 3.8) is 0 Å². The van der Waals surface area contributed by atoms with E-state index in [2.05, 4.69) is 0 Å². The van der Waals surface area contributed by atoms with Gasteiger partial charge in [0.05, 0.1) is 0 Å². The molecule has 0 aromatic heterocycles. The van der Waals surface area contributed by atoms with E-state index in [9.17, 15) is 0 Å². The standard InChI is InChI=1S/CH2O3.H3N.Na/c2-1(3)4;;/h(H2,2,3,4);1H3;. The minimum atomic E-state index is -1.83. The van der Waals surface area contributed by atoms with Crippen LogP contribution in [0.1, 0.15) is 0 Å². The summed E-state index contributed by atoms with van der Waals surface area (Å²) >= 11 is 0. The molecule has 0 heterocycles. The molecule has 0 aromatic rings. The summed E-state index contributed by atoms with van der Waals surface area (Å²) in [7, 11) is 0. The molecule has 0 rings (SSSR count). The van der Waals surface area contributed by atoms with Crippen molar-refractivity contribution in [3.8, 4) is 0 Å². The fourth-order valence-corrected chi connectivity index (χ4v) is 0. The van der Waals surface area contributed by atoms with Crippen LogP contribution in [-0.2, 0) is 0 Å². The third-order valence-corrected chi connectivity index (χ3v) is 0. The Bertz CT molecular complexity index is 33.8. The SMILES string of the molecule is N.O=C(O)O.[Na]. The second kappa shape index (κ2) is 8.97. The van der Waals surface area contributed by atoms with Crippen LogP contribution in [0.5, 0.6) is 0 Å². The molecule has 0 amide bonds. The van der Waals surface area contributed by atoms with Gasteiger partial charge in [-0.3, -0.25) is 0 Å². The van der Waals surface area contributed by atoms with Gasteiger partial charge in [0.2, 0.25) is 0 Å². The van der Waals surface area contributed by atoms with E-state index in [1.165, 1.54) is 0 Å². The fourth-order valence-electron chi connectivity index (χ4n) is 0. The molecule has 0 aromatic carbocycles. The molecule has 0 aliphatic carbocycles. The summed E-state index contributed by atoms with van der Waals surface area (Å²) in [6.07, 6.45) is -1.83. The van der Waals surface area contributed by atoms with E-state index in [0.717, 1.165) is 0 Å². The van der Waals surface area contributed by atoms with Gasteiger partial charge in [-0.1, -0.05) is 0 Å². The van der Waals surface area contributed by atoms with Crippen LogP contribution in [0.4, 0.5) is 4.79 Å². The Morgan fingerprint density at radius 1 is 1.33 bits per heavy atom. The maximum Gasteiger partial charge on any atom is 0.503 e. The van der Waals surface area contributed by atoms with Crippen LogP contribution < -0.4 is 6.15 Å². The first-order valence-electron chi connectivity index (χ1n) is 0.651. The maximum absolute atomic E-state index is 8.56. The minimum absolute atomic E-state index is 0. The van der Waals surface area contributed by atoms with Crippen molar-refractivity contribution < 1.29 is 15.0 Å². The molecule has 0 spiro atoms. The van der Waals surface area contributed by atoms with E-state index in [-0.39, 0.29) is 35.7 Å². The van der Waals surface area contributed by atoms with Gasteiger partial charge in [0, 0.05) is 29.6 Å². The first-order valence-corrected chi connectivity index (χ1v) is 0.651. The number of hydrogen-bond acceptors (Lipinski definition) is 2. The summed E-state index contributed by atoms with van der Waals surface area (Å²) in [6.45, 7) is 0. The van der Waals surface area contributed by atoms with Crippen LogP contribution in [0.15, 0.2) is 0 Å². The molecule has 0 aliphatic heterocycles. The second-order valence-electron chi connectivity index (χ2n) is 0.283. The Kier molecular flexibility index (Phi) is 24.4. The van der Waals surface area contributed by atoms with Crippen LogP contribution in [0, 0.1) is 0 Å². The van der Waals surface area contributed by atoms with Crippen molar-refractivity contribution in [2.24, 2.45) is 0 Å². The summed E-state index contributed by atoms with van der Waals surface area (Å²) in [4.78, 5) is 8.56. The Morgan fingerprint density at radius 3 is 1.33 bits per heavy atom. The first kappa shape index (κ1) is 16.3. The van der Waals surface area contributed by atoms with Gasteiger partial charge in [0.15, 0.2) is 0 Å². The molecule has 5 N–H and O–H groups in total. The molecule has 33 valence electrons. The quantitative estimate of drug-likeness (QED) is 0.375. The van der Waals surface area contributed by atoms with E-state index < -0.39 is 6.16 Å². The van der Waals surface area contributed by atoms with Gasteiger partial charge < -0.3 is 16.4 Å². The monoisotopic (exact) mass is 102 g/mol. The Morgan fingerprint density at radius 2 is 1.33 bits per heavy atom. The summed E-state index contributed by atoms with van der Waals surface area (Å²) in [6, 6.07) is 0. The predicted octanol–water partition coefficient (Wildman–Crippen LogP) is 0.00360. The first-order chi connectivity index (χ1) is 1.73. The molecule has 0 unspecified atom stereocenters. The minimum Gasteiger partial charge on any atom is -0.450 e. The van der Waals surface area contributed by atoms with Crippen LogP contribution >= 0.6 is 0 Å². The van der Waals surface area contributed by atoms with E-state index >= 15 is 0 Å². The summed E-state index contributed by atoms with van der Waals surface area (Å²) in [5.74, 6) is 0. The molecule has 0 saturated heterocycles. The zero-order valence-electron chi connectivity index (χ0n) is 3.51. The molecule has 0 bridgehead atoms. The van der Waals surface area contributed by atoms with Gasteiger partial charge in [0.25, 0.3) is 0 Å². The summed E-state index contributed by atoms with van der Waals surface area (Å²) in [5, 5.41) is 13.9. The molecule has 5 heteroatoms. The molecule has 4 nitrogen and oxygen atoms in total. The molecular weight excluding hydrogens is 97.0 g/mol. The van der Waals surface area contributed by atoms with Gasteiger partial charge in [-0.15, -0.1) is 0 Å². The van der Waals surface area contributed by atoms with Crippen LogP contribution in [0.3, 0.4) is 0 Å². The van der Waals surface area contributed by atoms with Crippen molar-refractivity contribution in [2.45, 2.75) is 0 Å². The number of rotatable bonds is 0. The maximum atomic E-state index is 8.56. The van der Waals surface area contributed by atoms with E-state index in [1.807, 2.05) is 0 Å². The zero-order valence-corrected chi connectivity index (χ0v) is 5.51. The molecule has 1 radical (unpaired) electrons. The third kappa shape index (κ3) is 834. The van der Waals surface area contributed by atoms with E-state index in [0.29, 0.717) is 0 Å². The Balaban J connectivity index is -0.0000000450. The fraction of sp³-hybridized carbons (Fsp3) is 0. The average molecular weight is 102 g/mol. The van der Waals surface area contributed by atoms with E-state index in [1.54, 1.807) is 0 Å². The summed E-state index contributed by atoms with van der Waals surface area (Å²) in [5.41, 5.74) is 0. The number of hydrogen-bond donors (Lipinski definition) is 3. The molecular formula is CH5NNaO3. The molecule has 0 fully saturated rings. The normalized spacial score (nSPS) is 4.00. The second-order valence-corrected chi connectivity index (χ2v) is 0.283. The predicted molar refractivity (Wildman–Crippen MR) is 21.4 cm³/mol. The van der Waals surface area contributed by atoms with Gasteiger partial charge >= 0.3 is 6.16 Å². The average Bonchev–Trinajstić information content (AvgIpc) is 0.811. The van der Waals surface area contributed by atoms with Gasteiger partial charge in [-0.05, 0) is 0 Å². The zero-order chi connectivity index (χ0) is 3.58. The van der Waals surface area contributed by atoms with Crippen molar-refractivity contribution >= 4 is 35.7 Å². The van der Waals surface area contributed by atoms with E-state index in [4.69, 9.17) is 15.0 Å². The Hall–Kier alpha value is 0.230. The number of carboxylic acid groups (broad SMARTS) is 2.